The van der Waals surface area contributed by atoms with Gasteiger partial charge in [0.15, 0.2) is 11.6 Å². The highest BCUT2D eigenvalue weighted by Crippen LogP contribution is 2.20. The molecule has 0 fully saturated rings. The van der Waals surface area contributed by atoms with Crippen LogP contribution in [-0.4, -0.2) is 26.6 Å². The summed E-state index contributed by atoms with van der Waals surface area (Å²) in [7, 11) is 0. The Balaban J connectivity index is 3.20. The van der Waals surface area contributed by atoms with Gasteiger partial charge in [0.1, 0.15) is 17.6 Å². The zero-order valence-electron chi connectivity index (χ0n) is 10.6. The molecule has 102 valence electrons. The van der Waals surface area contributed by atoms with Gasteiger partial charge in [0.25, 0.3) is 0 Å². The molecule has 1 heterocycles. The van der Waals surface area contributed by atoms with Crippen LogP contribution in [0.15, 0.2) is 23.3 Å². The fourth-order valence-electron chi connectivity index (χ4n) is 1.12. The highest BCUT2D eigenvalue weighted by Gasteiger charge is 2.25. The van der Waals surface area contributed by atoms with Gasteiger partial charge in [-0.2, -0.15) is 0 Å². The maximum Gasteiger partial charge on any atom is 0.363 e. The van der Waals surface area contributed by atoms with Gasteiger partial charge in [0.2, 0.25) is 5.70 Å². The minimum atomic E-state index is -1.04. The van der Waals surface area contributed by atoms with E-state index in [1.165, 1.54) is 0 Å². The van der Waals surface area contributed by atoms with Gasteiger partial charge in [-0.1, -0.05) is 0 Å². The van der Waals surface area contributed by atoms with Crippen molar-refractivity contribution >= 4 is 11.7 Å². The Bertz CT molecular complexity index is 537. The van der Waals surface area contributed by atoms with Gasteiger partial charge in [0, 0.05) is 0 Å². The van der Waals surface area contributed by atoms with E-state index < -0.39 is 34.5 Å². The second-order valence-electron chi connectivity index (χ2n) is 4.53. The predicted octanol–water partition coefficient (Wildman–Crippen LogP) is 2.21. The van der Waals surface area contributed by atoms with Gasteiger partial charge >= 0.3 is 5.97 Å². The molecule has 1 rings (SSSR count). The molecule has 0 aliphatic rings. The van der Waals surface area contributed by atoms with E-state index in [1.807, 2.05) is 0 Å². The average molecular weight is 268 g/mol. The molecule has 0 atom stereocenters. The molecule has 1 aromatic rings. The van der Waals surface area contributed by atoms with Gasteiger partial charge in [-0.3, -0.25) is 0 Å². The summed E-state index contributed by atoms with van der Waals surface area (Å²) < 4.78 is 18.3. The molecule has 1 aromatic heterocycles. The Morgan fingerprint density at radius 3 is 2.63 bits per heavy atom. The van der Waals surface area contributed by atoms with Crippen LogP contribution in [0.3, 0.4) is 0 Å². The molecule has 0 bridgehead atoms. The average Bonchev–Trinajstić information content (AvgIpc) is 2.27. The normalized spacial score (nSPS) is 12.6. The smallest absolute Gasteiger partial charge is 0.363 e. The highest BCUT2D eigenvalue weighted by molar-refractivity contribution is 5.95. The second kappa shape index (κ2) is 5.51. The number of aliphatic hydroxyl groups is 1. The highest BCUT2D eigenvalue weighted by atomic mass is 19.1. The summed E-state index contributed by atoms with van der Waals surface area (Å²) in [5.41, 5.74) is 4.80. The monoisotopic (exact) mass is 268 g/mol. The lowest BCUT2D eigenvalue weighted by Gasteiger charge is -2.19. The zero-order valence-corrected chi connectivity index (χ0v) is 10.6. The van der Waals surface area contributed by atoms with Crippen LogP contribution in [0.4, 0.5) is 4.39 Å². The maximum atomic E-state index is 13.4. The fourth-order valence-corrected chi connectivity index (χ4v) is 1.12. The minimum absolute atomic E-state index is 0.521. The number of esters is 1. The zero-order chi connectivity index (χ0) is 14.6. The lowest BCUT2D eigenvalue weighted by Crippen LogP contribution is -2.25. The number of nitrogens with zero attached hydrogens (tertiary/aromatic N) is 3. The Labute approximate surface area is 108 Å². The number of halogens is 1. The first-order chi connectivity index (χ1) is 8.76. The molecule has 0 aliphatic heterocycles. The van der Waals surface area contributed by atoms with E-state index >= 15 is 0 Å². The lowest BCUT2D eigenvalue weighted by molar-refractivity contribution is -0.150. The number of rotatable bonds is 3. The van der Waals surface area contributed by atoms with E-state index in [9.17, 15) is 14.3 Å². The molecule has 0 unspecified atom stereocenters. The first kappa shape index (κ1) is 14.7. The Morgan fingerprint density at radius 1 is 1.53 bits per heavy atom. The molecule has 0 amide bonds. The van der Waals surface area contributed by atoms with Crippen molar-refractivity contribution in [1.29, 1.82) is 5.53 Å². The number of aliphatic hydroxyl groups excluding tert-OH is 1. The van der Waals surface area contributed by atoms with Crippen LogP contribution in [0, 0.1) is 11.3 Å². The number of hydrogen-bond acceptors (Lipinski definition) is 7. The largest absolute Gasteiger partial charge is 0.504 e. The fraction of sp³-hybridized carbons (Fsp3) is 0.364. The standard InChI is InChI=1S/C11H13FN4O3/c1-11(2,3)19-10(18)8(16-13)9(17)7-6(12)4-14-5-15-7/h4-5,13,17H,1-3H3. The molecule has 7 nitrogen and oxygen atoms in total. The van der Waals surface area contributed by atoms with Crippen molar-refractivity contribution in [1.82, 2.24) is 9.97 Å². The lowest BCUT2D eigenvalue weighted by atomic mass is 10.2. The van der Waals surface area contributed by atoms with Gasteiger partial charge in [0.05, 0.1) is 6.20 Å². The van der Waals surface area contributed by atoms with Crippen LogP contribution in [0.25, 0.3) is 5.76 Å². The molecule has 0 spiro atoms. The number of hydrogen-bond donors (Lipinski definition) is 2. The molecule has 0 aromatic carbocycles. The molecular formula is C11H13FN4O3. The first-order valence-electron chi connectivity index (χ1n) is 5.26. The third-order valence-electron chi connectivity index (χ3n) is 1.82. The van der Waals surface area contributed by atoms with Crippen LogP contribution >= 0.6 is 0 Å². The molecule has 19 heavy (non-hydrogen) atoms. The van der Waals surface area contributed by atoms with Crippen molar-refractivity contribution in [2.75, 3.05) is 0 Å². The Morgan fingerprint density at radius 2 is 2.16 bits per heavy atom. The van der Waals surface area contributed by atoms with E-state index in [0.717, 1.165) is 12.5 Å². The molecule has 2 N–H and O–H groups in total. The number of carbonyl (C=O) groups is 1. The topological polar surface area (TPSA) is 109 Å². The van der Waals surface area contributed by atoms with Gasteiger partial charge in [-0.05, 0) is 20.8 Å². The number of ether oxygens (including phenoxy) is 1. The van der Waals surface area contributed by atoms with E-state index in [1.54, 1.807) is 20.8 Å². The van der Waals surface area contributed by atoms with Crippen molar-refractivity contribution < 1.29 is 19.0 Å². The van der Waals surface area contributed by atoms with E-state index in [2.05, 4.69) is 15.1 Å². The summed E-state index contributed by atoms with van der Waals surface area (Å²) in [4.78, 5) is 18.6. The summed E-state index contributed by atoms with van der Waals surface area (Å²) in [6.45, 7) is 4.82. The van der Waals surface area contributed by atoms with E-state index in [0.29, 0.717) is 0 Å². The summed E-state index contributed by atoms with van der Waals surface area (Å²) in [6.07, 6.45) is 1.81. The Kier molecular flexibility index (Phi) is 4.26. The summed E-state index contributed by atoms with van der Waals surface area (Å²) >= 11 is 0. The molecule has 0 saturated carbocycles. The summed E-state index contributed by atoms with van der Waals surface area (Å²) in [5.74, 6) is -2.85. The van der Waals surface area contributed by atoms with Gasteiger partial charge in [-0.25, -0.2) is 24.7 Å². The van der Waals surface area contributed by atoms with Crippen LogP contribution in [-0.2, 0) is 9.53 Å². The summed E-state index contributed by atoms with van der Waals surface area (Å²) in [5, 5.41) is 12.6. The van der Waals surface area contributed by atoms with Crippen molar-refractivity contribution in [3.05, 3.63) is 29.7 Å². The van der Waals surface area contributed by atoms with E-state index in [-0.39, 0.29) is 0 Å². The SMILES string of the molecule is CC(C)(C)OC(=O)C(N=N)=C(O)c1ncncc1F. The third-order valence-corrected chi connectivity index (χ3v) is 1.82. The summed E-state index contributed by atoms with van der Waals surface area (Å²) in [6, 6.07) is 0. The molecule has 0 aliphatic carbocycles. The number of carbonyl (C=O) groups excluding carboxylic acids is 1. The van der Waals surface area contributed by atoms with Gasteiger partial charge < -0.3 is 9.84 Å². The van der Waals surface area contributed by atoms with Gasteiger partial charge in [-0.15, -0.1) is 5.11 Å². The molecule has 0 saturated heterocycles. The second-order valence-corrected chi connectivity index (χ2v) is 4.53. The molecular weight excluding hydrogens is 255 g/mol. The van der Waals surface area contributed by atoms with Crippen molar-refractivity contribution in [3.63, 3.8) is 0 Å². The third kappa shape index (κ3) is 3.80. The van der Waals surface area contributed by atoms with Crippen LogP contribution in [0.1, 0.15) is 26.5 Å². The molecule has 8 heteroatoms. The van der Waals surface area contributed by atoms with Crippen LogP contribution in [0.5, 0.6) is 0 Å². The van der Waals surface area contributed by atoms with Crippen molar-refractivity contribution in [2.24, 2.45) is 5.11 Å². The van der Waals surface area contributed by atoms with Crippen LogP contribution < -0.4 is 0 Å². The number of aromatic nitrogens is 2. The quantitative estimate of drug-likeness (QED) is 0.378. The first-order valence-corrected chi connectivity index (χ1v) is 5.26. The van der Waals surface area contributed by atoms with Crippen molar-refractivity contribution in [3.8, 4) is 0 Å². The maximum absolute atomic E-state index is 13.4. The predicted molar refractivity (Wildman–Crippen MR) is 62.5 cm³/mol. The van der Waals surface area contributed by atoms with Crippen LogP contribution in [0.2, 0.25) is 0 Å². The number of nitrogens with one attached hydrogen (secondary N) is 1. The van der Waals surface area contributed by atoms with Crippen molar-refractivity contribution in [2.45, 2.75) is 26.4 Å². The molecule has 0 radical (unpaired) electrons. The Hall–Kier alpha value is -2.38. The van der Waals surface area contributed by atoms with E-state index in [4.69, 9.17) is 10.3 Å². The minimum Gasteiger partial charge on any atom is -0.504 e.